The van der Waals surface area contributed by atoms with E-state index in [0.717, 1.165) is 10.4 Å². The first-order chi connectivity index (χ1) is 8.15. The van der Waals surface area contributed by atoms with Crippen LogP contribution >= 0.6 is 11.3 Å². The monoisotopic (exact) mass is 248 g/mol. The van der Waals surface area contributed by atoms with Gasteiger partial charge >= 0.3 is 5.97 Å². The van der Waals surface area contributed by atoms with E-state index in [1.807, 2.05) is 19.4 Å². The van der Waals surface area contributed by atoms with Crippen LogP contribution in [0.1, 0.15) is 10.4 Å². The SMILES string of the molecule is Cn1cc(-c2cn3ncc(C(=O)O)c3s2)cn1. The number of aromatic nitrogens is 4. The molecule has 3 heterocycles. The third-order valence-corrected chi connectivity index (χ3v) is 3.58. The predicted octanol–water partition coefficient (Wildman–Crippen LogP) is 1.49. The molecule has 0 saturated heterocycles. The minimum atomic E-state index is -0.959. The number of carboxylic acid groups (broad SMARTS) is 1. The van der Waals surface area contributed by atoms with Gasteiger partial charge < -0.3 is 5.11 Å². The standard InChI is InChI=1S/C10H8N4O2S/c1-13-4-6(2-11-13)8-5-14-9(17-8)7(3-12-14)10(15)16/h2-5H,1H3,(H,15,16). The van der Waals surface area contributed by atoms with Gasteiger partial charge in [-0.2, -0.15) is 10.2 Å². The van der Waals surface area contributed by atoms with Gasteiger partial charge in [-0.15, -0.1) is 11.3 Å². The summed E-state index contributed by atoms with van der Waals surface area (Å²) in [5.41, 5.74) is 1.18. The minimum Gasteiger partial charge on any atom is -0.478 e. The molecule has 0 amide bonds. The fraction of sp³-hybridized carbons (Fsp3) is 0.100. The Morgan fingerprint density at radius 3 is 2.82 bits per heavy atom. The van der Waals surface area contributed by atoms with Gasteiger partial charge in [0.25, 0.3) is 0 Å². The quantitative estimate of drug-likeness (QED) is 0.745. The van der Waals surface area contributed by atoms with Gasteiger partial charge in [-0.1, -0.05) is 0 Å². The van der Waals surface area contributed by atoms with Gasteiger partial charge in [-0.05, 0) is 0 Å². The first-order valence-electron chi connectivity index (χ1n) is 4.84. The normalized spacial score (nSPS) is 11.1. The van der Waals surface area contributed by atoms with Crippen molar-refractivity contribution in [1.82, 2.24) is 19.4 Å². The highest BCUT2D eigenvalue weighted by Crippen LogP contribution is 2.29. The lowest BCUT2D eigenvalue weighted by atomic mass is 10.3. The molecule has 0 aliphatic rings. The summed E-state index contributed by atoms with van der Waals surface area (Å²) >= 11 is 1.39. The zero-order valence-electron chi connectivity index (χ0n) is 8.86. The zero-order chi connectivity index (χ0) is 12.0. The second-order valence-corrected chi connectivity index (χ2v) is 4.64. The molecule has 0 fully saturated rings. The summed E-state index contributed by atoms with van der Waals surface area (Å²) in [7, 11) is 1.84. The Bertz CT molecular complexity index is 709. The third kappa shape index (κ3) is 1.51. The summed E-state index contributed by atoms with van der Waals surface area (Å²) in [4.78, 5) is 12.5. The van der Waals surface area contributed by atoms with Crippen LogP contribution in [0, 0.1) is 0 Å². The van der Waals surface area contributed by atoms with Crippen molar-refractivity contribution in [2.45, 2.75) is 0 Å². The molecule has 86 valence electrons. The predicted molar refractivity (Wildman–Crippen MR) is 62.2 cm³/mol. The van der Waals surface area contributed by atoms with Crippen LogP contribution in [-0.4, -0.2) is 30.5 Å². The molecule has 0 aliphatic heterocycles. The largest absolute Gasteiger partial charge is 0.478 e. The molecule has 3 aromatic heterocycles. The minimum absolute atomic E-state index is 0.227. The number of carboxylic acids is 1. The molecule has 3 rings (SSSR count). The number of rotatable bonds is 2. The van der Waals surface area contributed by atoms with E-state index in [1.165, 1.54) is 17.5 Å². The number of fused-ring (bicyclic) bond motifs is 1. The number of thiazole rings is 1. The van der Waals surface area contributed by atoms with Crippen LogP contribution in [0.5, 0.6) is 0 Å². The molecule has 17 heavy (non-hydrogen) atoms. The molecule has 0 saturated carbocycles. The van der Waals surface area contributed by atoms with Gasteiger partial charge in [0.15, 0.2) is 0 Å². The van der Waals surface area contributed by atoms with Crippen molar-refractivity contribution in [3.05, 3.63) is 30.4 Å². The van der Waals surface area contributed by atoms with Gasteiger partial charge in [0.2, 0.25) is 0 Å². The molecule has 0 radical (unpaired) electrons. The summed E-state index contributed by atoms with van der Waals surface area (Å²) in [5, 5.41) is 17.1. The Morgan fingerprint density at radius 1 is 1.35 bits per heavy atom. The molecule has 0 unspecified atom stereocenters. The van der Waals surface area contributed by atoms with Crippen molar-refractivity contribution >= 4 is 22.1 Å². The number of hydrogen-bond acceptors (Lipinski definition) is 4. The van der Waals surface area contributed by atoms with Crippen molar-refractivity contribution in [3.8, 4) is 10.4 Å². The summed E-state index contributed by atoms with van der Waals surface area (Å²) in [6.07, 6.45) is 6.79. The number of carbonyl (C=O) groups is 1. The maximum atomic E-state index is 11.0. The zero-order valence-corrected chi connectivity index (χ0v) is 9.68. The molecule has 0 aliphatic carbocycles. The molecule has 0 spiro atoms. The Balaban J connectivity index is 2.17. The van der Waals surface area contributed by atoms with E-state index < -0.39 is 5.97 Å². The van der Waals surface area contributed by atoms with Gasteiger partial charge in [0.05, 0.1) is 17.3 Å². The van der Waals surface area contributed by atoms with Crippen LogP contribution in [0.15, 0.2) is 24.8 Å². The molecule has 0 aromatic carbocycles. The first kappa shape index (κ1) is 10.0. The van der Waals surface area contributed by atoms with E-state index in [0.29, 0.717) is 4.83 Å². The lowest BCUT2D eigenvalue weighted by Crippen LogP contribution is -1.92. The van der Waals surface area contributed by atoms with Crippen LogP contribution < -0.4 is 0 Å². The van der Waals surface area contributed by atoms with Crippen molar-refractivity contribution in [3.63, 3.8) is 0 Å². The molecule has 0 bridgehead atoms. The van der Waals surface area contributed by atoms with Crippen LogP contribution in [0.3, 0.4) is 0 Å². The van der Waals surface area contributed by atoms with Crippen LogP contribution in [0.4, 0.5) is 0 Å². The Morgan fingerprint density at radius 2 is 2.18 bits per heavy atom. The van der Waals surface area contributed by atoms with Crippen LogP contribution in [0.25, 0.3) is 15.3 Å². The van der Waals surface area contributed by atoms with Crippen LogP contribution in [0.2, 0.25) is 0 Å². The molecule has 1 N–H and O–H groups in total. The summed E-state index contributed by atoms with van der Waals surface area (Å²) in [5.74, 6) is -0.959. The van der Waals surface area contributed by atoms with Crippen molar-refractivity contribution in [2.24, 2.45) is 7.05 Å². The highest BCUT2D eigenvalue weighted by Gasteiger charge is 2.15. The highest BCUT2D eigenvalue weighted by atomic mass is 32.1. The fourth-order valence-corrected chi connectivity index (χ4v) is 2.64. The second-order valence-electron chi connectivity index (χ2n) is 3.61. The van der Waals surface area contributed by atoms with Crippen molar-refractivity contribution in [1.29, 1.82) is 0 Å². The number of hydrogen-bond donors (Lipinski definition) is 1. The number of aryl methyl sites for hydroxylation is 1. The van der Waals surface area contributed by atoms with E-state index in [4.69, 9.17) is 5.11 Å². The van der Waals surface area contributed by atoms with E-state index in [1.54, 1.807) is 15.4 Å². The summed E-state index contributed by atoms with van der Waals surface area (Å²) in [6, 6.07) is 0. The van der Waals surface area contributed by atoms with E-state index in [2.05, 4.69) is 10.2 Å². The summed E-state index contributed by atoms with van der Waals surface area (Å²) in [6.45, 7) is 0. The summed E-state index contributed by atoms with van der Waals surface area (Å²) < 4.78 is 3.28. The van der Waals surface area contributed by atoms with Gasteiger partial charge in [0.1, 0.15) is 10.4 Å². The highest BCUT2D eigenvalue weighted by molar-refractivity contribution is 7.21. The topological polar surface area (TPSA) is 72.4 Å². The van der Waals surface area contributed by atoms with Gasteiger partial charge in [0, 0.05) is 25.0 Å². The molecule has 6 nitrogen and oxygen atoms in total. The van der Waals surface area contributed by atoms with Crippen LogP contribution in [-0.2, 0) is 7.05 Å². The fourth-order valence-electron chi connectivity index (χ4n) is 1.61. The molecule has 0 atom stereocenters. The Kier molecular flexibility index (Phi) is 2.02. The number of aromatic carboxylic acids is 1. The van der Waals surface area contributed by atoms with E-state index in [9.17, 15) is 4.79 Å². The maximum Gasteiger partial charge on any atom is 0.340 e. The molecule has 3 aromatic rings. The molecule has 7 heteroatoms. The van der Waals surface area contributed by atoms with E-state index in [-0.39, 0.29) is 5.56 Å². The van der Waals surface area contributed by atoms with Gasteiger partial charge in [-0.3, -0.25) is 4.68 Å². The van der Waals surface area contributed by atoms with Gasteiger partial charge in [-0.25, -0.2) is 9.31 Å². The average molecular weight is 248 g/mol. The third-order valence-electron chi connectivity index (χ3n) is 2.42. The Labute approximate surface area is 99.7 Å². The Hall–Kier alpha value is -2.15. The molecular formula is C10H8N4O2S. The van der Waals surface area contributed by atoms with Crippen molar-refractivity contribution in [2.75, 3.05) is 0 Å². The molecular weight excluding hydrogens is 240 g/mol. The second kappa shape index (κ2) is 3.42. The smallest absolute Gasteiger partial charge is 0.340 e. The average Bonchev–Trinajstić information content (AvgIpc) is 2.89. The van der Waals surface area contributed by atoms with E-state index >= 15 is 0 Å². The lowest BCUT2D eigenvalue weighted by molar-refractivity contribution is 0.0699. The lowest BCUT2D eigenvalue weighted by Gasteiger charge is -1.87. The maximum absolute atomic E-state index is 11.0. The van der Waals surface area contributed by atoms with Crippen molar-refractivity contribution < 1.29 is 9.90 Å². The number of nitrogens with zero attached hydrogens (tertiary/aromatic N) is 4. The first-order valence-corrected chi connectivity index (χ1v) is 5.66.